The van der Waals surface area contributed by atoms with Crippen molar-refractivity contribution in [2.75, 3.05) is 24.5 Å². The summed E-state index contributed by atoms with van der Waals surface area (Å²) in [5, 5.41) is 3.46. The molecule has 18 heavy (non-hydrogen) atoms. The summed E-state index contributed by atoms with van der Waals surface area (Å²) in [5.74, 6) is -0.257. The van der Waals surface area contributed by atoms with Gasteiger partial charge in [-0.15, -0.1) is 0 Å². The molecule has 1 heterocycles. The molecule has 0 spiro atoms. The minimum absolute atomic E-state index is 0.315. The SMILES string of the molecule is CC(C)C1CN(c2cc(F)ccc2F)CCCN1. The summed E-state index contributed by atoms with van der Waals surface area (Å²) >= 11 is 0. The van der Waals surface area contributed by atoms with Crippen molar-refractivity contribution in [2.24, 2.45) is 5.92 Å². The molecule has 100 valence electrons. The normalized spacial score (nSPS) is 21.2. The van der Waals surface area contributed by atoms with Gasteiger partial charge in [0.05, 0.1) is 5.69 Å². The first-order chi connectivity index (χ1) is 8.58. The first-order valence-electron chi connectivity index (χ1n) is 6.51. The summed E-state index contributed by atoms with van der Waals surface area (Å²) in [6.07, 6.45) is 0.944. The topological polar surface area (TPSA) is 15.3 Å². The second-order valence-corrected chi connectivity index (χ2v) is 5.20. The van der Waals surface area contributed by atoms with Gasteiger partial charge in [-0.2, -0.15) is 0 Å². The van der Waals surface area contributed by atoms with E-state index in [1.165, 1.54) is 12.1 Å². The highest BCUT2D eigenvalue weighted by Gasteiger charge is 2.22. The van der Waals surface area contributed by atoms with Crippen LogP contribution in [0.15, 0.2) is 18.2 Å². The van der Waals surface area contributed by atoms with Crippen LogP contribution in [-0.4, -0.2) is 25.7 Å². The van der Waals surface area contributed by atoms with E-state index in [9.17, 15) is 8.78 Å². The highest BCUT2D eigenvalue weighted by molar-refractivity contribution is 5.48. The molecule has 1 aromatic rings. The molecular weight excluding hydrogens is 234 g/mol. The molecule has 0 aliphatic carbocycles. The van der Waals surface area contributed by atoms with Gasteiger partial charge in [-0.05, 0) is 31.0 Å². The fraction of sp³-hybridized carbons (Fsp3) is 0.571. The maximum atomic E-state index is 13.8. The van der Waals surface area contributed by atoms with E-state index in [1.807, 2.05) is 4.90 Å². The molecule has 1 aromatic carbocycles. The Morgan fingerprint density at radius 1 is 1.33 bits per heavy atom. The van der Waals surface area contributed by atoms with Crippen molar-refractivity contribution in [1.29, 1.82) is 0 Å². The summed E-state index contributed by atoms with van der Waals surface area (Å²) in [6.45, 7) is 6.69. The number of anilines is 1. The molecule has 0 aromatic heterocycles. The average molecular weight is 254 g/mol. The van der Waals surface area contributed by atoms with Crippen molar-refractivity contribution in [3.8, 4) is 0 Å². The predicted octanol–water partition coefficient (Wildman–Crippen LogP) is 2.79. The lowest BCUT2D eigenvalue weighted by Gasteiger charge is -2.28. The maximum Gasteiger partial charge on any atom is 0.146 e. The Hall–Kier alpha value is -1.16. The van der Waals surface area contributed by atoms with E-state index in [-0.39, 0.29) is 11.6 Å². The number of benzene rings is 1. The zero-order chi connectivity index (χ0) is 13.1. The summed E-state index contributed by atoms with van der Waals surface area (Å²) in [4.78, 5) is 1.95. The quantitative estimate of drug-likeness (QED) is 0.873. The van der Waals surface area contributed by atoms with Gasteiger partial charge in [-0.25, -0.2) is 8.78 Å². The van der Waals surface area contributed by atoms with Gasteiger partial charge in [-0.3, -0.25) is 0 Å². The monoisotopic (exact) mass is 254 g/mol. The summed E-state index contributed by atoms with van der Waals surface area (Å²) < 4.78 is 27.0. The molecule has 2 rings (SSSR count). The second-order valence-electron chi connectivity index (χ2n) is 5.20. The Kier molecular flexibility index (Phi) is 4.17. The molecule has 0 radical (unpaired) electrons. The summed E-state index contributed by atoms with van der Waals surface area (Å²) in [6, 6.07) is 3.97. The number of hydrogen-bond donors (Lipinski definition) is 1. The molecular formula is C14H20F2N2. The van der Waals surface area contributed by atoms with Crippen molar-refractivity contribution in [3.63, 3.8) is 0 Å². The van der Waals surface area contributed by atoms with Crippen LogP contribution in [0.5, 0.6) is 0 Å². The lowest BCUT2D eigenvalue weighted by Crippen LogP contribution is -2.41. The van der Waals surface area contributed by atoms with Gasteiger partial charge in [0.1, 0.15) is 11.6 Å². The van der Waals surface area contributed by atoms with Crippen LogP contribution in [0.25, 0.3) is 0 Å². The van der Waals surface area contributed by atoms with Gasteiger partial charge in [0, 0.05) is 25.2 Å². The van der Waals surface area contributed by atoms with E-state index in [4.69, 9.17) is 0 Å². The van der Waals surface area contributed by atoms with Gasteiger partial charge in [0.25, 0.3) is 0 Å². The smallest absolute Gasteiger partial charge is 0.146 e. The maximum absolute atomic E-state index is 13.8. The van der Waals surface area contributed by atoms with E-state index >= 15 is 0 Å². The molecule has 1 N–H and O–H groups in total. The minimum Gasteiger partial charge on any atom is -0.367 e. The predicted molar refractivity (Wildman–Crippen MR) is 69.8 cm³/mol. The van der Waals surface area contributed by atoms with E-state index in [2.05, 4.69) is 19.2 Å². The van der Waals surface area contributed by atoms with Crippen molar-refractivity contribution in [3.05, 3.63) is 29.8 Å². The zero-order valence-electron chi connectivity index (χ0n) is 10.9. The first-order valence-corrected chi connectivity index (χ1v) is 6.51. The molecule has 2 nitrogen and oxygen atoms in total. The van der Waals surface area contributed by atoms with Crippen LogP contribution in [0.4, 0.5) is 14.5 Å². The van der Waals surface area contributed by atoms with Crippen LogP contribution in [0.1, 0.15) is 20.3 Å². The highest BCUT2D eigenvalue weighted by Crippen LogP contribution is 2.23. The molecule has 1 atom stereocenters. The third kappa shape index (κ3) is 2.99. The molecule has 0 saturated carbocycles. The van der Waals surface area contributed by atoms with Gasteiger partial charge in [-0.1, -0.05) is 13.8 Å². The van der Waals surface area contributed by atoms with Crippen LogP contribution in [0, 0.1) is 17.6 Å². The zero-order valence-corrected chi connectivity index (χ0v) is 10.9. The van der Waals surface area contributed by atoms with Gasteiger partial charge in [0.2, 0.25) is 0 Å². The first kappa shape index (κ1) is 13.3. The molecule has 1 saturated heterocycles. The van der Waals surface area contributed by atoms with Gasteiger partial charge >= 0.3 is 0 Å². The average Bonchev–Trinajstić information content (AvgIpc) is 2.58. The standard InChI is InChI=1S/C14H20F2N2/c1-10(2)13-9-18(7-3-6-17-13)14-8-11(15)4-5-12(14)16/h4-5,8,10,13,17H,3,6-7,9H2,1-2H3. The van der Waals surface area contributed by atoms with Crippen molar-refractivity contribution in [1.82, 2.24) is 5.32 Å². The van der Waals surface area contributed by atoms with Crippen LogP contribution in [0.2, 0.25) is 0 Å². The fourth-order valence-electron chi connectivity index (χ4n) is 2.34. The van der Waals surface area contributed by atoms with Crippen LogP contribution >= 0.6 is 0 Å². The number of nitrogens with zero attached hydrogens (tertiary/aromatic N) is 1. The van der Waals surface area contributed by atoms with Crippen molar-refractivity contribution >= 4 is 5.69 Å². The third-order valence-corrected chi connectivity index (χ3v) is 3.48. The van der Waals surface area contributed by atoms with Crippen LogP contribution in [-0.2, 0) is 0 Å². The van der Waals surface area contributed by atoms with Gasteiger partial charge in [0.15, 0.2) is 0 Å². The second kappa shape index (κ2) is 5.65. The van der Waals surface area contributed by atoms with E-state index in [1.54, 1.807) is 0 Å². The largest absolute Gasteiger partial charge is 0.367 e. The number of hydrogen-bond acceptors (Lipinski definition) is 2. The van der Waals surface area contributed by atoms with Crippen LogP contribution < -0.4 is 10.2 Å². The molecule has 4 heteroatoms. The van der Waals surface area contributed by atoms with E-state index in [0.717, 1.165) is 32.1 Å². The van der Waals surface area contributed by atoms with E-state index < -0.39 is 0 Å². The minimum atomic E-state index is -0.385. The number of nitrogens with one attached hydrogen (secondary N) is 1. The summed E-state index contributed by atoms with van der Waals surface area (Å²) in [7, 11) is 0. The molecule has 1 unspecified atom stereocenters. The number of halogens is 2. The van der Waals surface area contributed by atoms with Crippen molar-refractivity contribution < 1.29 is 8.78 Å². The van der Waals surface area contributed by atoms with Crippen molar-refractivity contribution in [2.45, 2.75) is 26.3 Å². The van der Waals surface area contributed by atoms with E-state index in [0.29, 0.717) is 17.6 Å². The Labute approximate surface area is 107 Å². The Morgan fingerprint density at radius 2 is 2.11 bits per heavy atom. The Balaban J connectivity index is 2.22. The van der Waals surface area contributed by atoms with Crippen LogP contribution in [0.3, 0.4) is 0 Å². The number of rotatable bonds is 2. The molecule has 1 aliphatic heterocycles. The lowest BCUT2D eigenvalue weighted by molar-refractivity contribution is 0.419. The third-order valence-electron chi connectivity index (χ3n) is 3.48. The Bertz CT molecular complexity index is 407. The molecule has 1 aliphatic rings. The fourth-order valence-corrected chi connectivity index (χ4v) is 2.34. The molecule has 1 fully saturated rings. The lowest BCUT2D eigenvalue weighted by atomic mass is 10.0. The molecule has 0 bridgehead atoms. The van der Waals surface area contributed by atoms with Gasteiger partial charge < -0.3 is 10.2 Å². The Morgan fingerprint density at radius 3 is 2.83 bits per heavy atom. The highest BCUT2D eigenvalue weighted by atomic mass is 19.1. The molecule has 0 amide bonds. The summed E-state index contributed by atoms with van der Waals surface area (Å²) in [5.41, 5.74) is 0.379.